The molecule has 0 radical (unpaired) electrons. The van der Waals surface area contributed by atoms with Crippen molar-refractivity contribution in [3.63, 3.8) is 0 Å². The van der Waals surface area contributed by atoms with Crippen molar-refractivity contribution in [1.29, 1.82) is 0 Å². The molecule has 32 heteroatoms. The van der Waals surface area contributed by atoms with Gasteiger partial charge in [-0.05, 0) is 76.9 Å². The Labute approximate surface area is 548 Å². The summed E-state index contributed by atoms with van der Waals surface area (Å²) in [7, 11) is 7.36. The number of hydrogen-bond donors (Lipinski definition) is 8. The Hall–Kier alpha value is -9.80. The number of imidazole rings is 2. The molecule has 2 unspecified atom stereocenters. The van der Waals surface area contributed by atoms with Crippen LogP contribution in [-0.4, -0.2) is 215 Å². The number of imide groups is 1. The number of aliphatic hydroxyl groups is 4. The minimum absolute atomic E-state index is 0. The molecule has 3 aliphatic heterocycles. The summed E-state index contributed by atoms with van der Waals surface area (Å²) in [4.78, 5) is 109. The van der Waals surface area contributed by atoms with Gasteiger partial charge in [0.2, 0.25) is 5.91 Å². The van der Waals surface area contributed by atoms with Crippen LogP contribution >= 0.6 is 0 Å². The number of terminal acetylenes is 2. The van der Waals surface area contributed by atoms with Gasteiger partial charge in [0.05, 0.1) is 38.0 Å². The molecule has 10 atom stereocenters. The van der Waals surface area contributed by atoms with Crippen LogP contribution in [-0.2, 0) is 55.8 Å². The van der Waals surface area contributed by atoms with E-state index in [0.29, 0.717) is 61.7 Å². The Bertz CT molecular complexity index is 3670. The van der Waals surface area contributed by atoms with Crippen LogP contribution in [0.15, 0.2) is 73.8 Å². The second kappa shape index (κ2) is 32.9. The number of anilines is 2. The first-order valence-corrected chi connectivity index (χ1v) is 29.6. The van der Waals surface area contributed by atoms with Crippen LogP contribution in [0.1, 0.15) is 85.4 Å². The van der Waals surface area contributed by atoms with Crippen molar-refractivity contribution in [2.45, 2.75) is 147 Å². The summed E-state index contributed by atoms with van der Waals surface area (Å²) >= 11 is 0. The predicted molar refractivity (Wildman–Crippen MR) is 342 cm³/mol. The summed E-state index contributed by atoms with van der Waals surface area (Å²) in [5.41, 5.74) is 7.70. The van der Waals surface area contributed by atoms with Crippen molar-refractivity contribution in [3.8, 4) is 36.2 Å². The minimum atomic E-state index is -1.30. The molecule has 5 amide bonds. The van der Waals surface area contributed by atoms with Gasteiger partial charge in [0.1, 0.15) is 85.1 Å². The van der Waals surface area contributed by atoms with Gasteiger partial charge in [-0.2, -0.15) is 0 Å². The Morgan fingerprint density at radius 1 is 0.663 bits per heavy atom. The molecule has 3 aliphatic rings. The zero-order valence-corrected chi connectivity index (χ0v) is 53.6. The minimum Gasteiger partial charge on any atom is -0.481 e. The van der Waals surface area contributed by atoms with Gasteiger partial charge in [0.15, 0.2) is 46.4 Å². The molecule has 0 bridgehead atoms. The van der Waals surface area contributed by atoms with E-state index >= 15 is 0 Å². The number of nitrogens with zero attached hydrogens (tertiary/aromatic N) is 11. The number of hydroxylamine groups is 2. The summed E-state index contributed by atoms with van der Waals surface area (Å²) in [5.74, 6) is 4.30. The number of fused-ring (bicyclic) bond motifs is 2. The molecule has 9 N–H and O–H groups in total. The maximum atomic E-state index is 13.6. The number of aromatic nitrogens is 8. The zero-order valence-electron chi connectivity index (χ0n) is 53.6. The normalized spacial score (nSPS) is 20.5. The quantitative estimate of drug-likeness (QED) is 0.0398. The third-order valence-corrected chi connectivity index (χ3v) is 14.1. The second-order valence-corrected chi connectivity index (χ2v) is 24.0. The number of aliphatic hydroxyl groups excluding tert-OH is 4. The smallest absolute Gasteiger partial charge is 0.408 e. The highest BCUT2D eigenvalue weighted by Gasteiger charge is 2.47. The maximum absolute atomic E-state index is 13.6. The van der Waals surface area contributed by atoms with Crippen molar-refractivity contribution >= 4 is 69.8 Å². The fourth-order valence-electron chi connectivity index (χ4n) is 9.71. The van der Waals surface area contributed by atoms with Crippen LogP contribution in [0.25, 0.3) is 22.3 Å². The second-order valence-electron chi connectivity index (χ2n) is 24.0. The number of carbonyl (C=O) groups is 6. The van der Waals surface area contributed by atoms with Crippen LogP contribution in [0.5, 0.6) is 11.5 Å². The summed E-state index contributed by atoms with van der Waals surface area (Å²) in [6.45, 7) is 9.65. The lowest BCUT2D eigenvalue weighted by Gasteiger charge is -2.26. The molecular weight excluding hydrogens is 1240 g/mol. The summed E-state index contributed by atoms with van der Waals surface area (Å²) in [5, 5.41) is 49.1. The number of carbonyl (C=O) groups excluding carboxylic acids is 6. The van der Waals surface area contributed by atoms with Crippen molar-refractivity contribution in [1.82, 2.24) is 60.1 Å². The molecule has 3 fully saturated rings. The van der Waals surface area contributed by atoms with Gasteiger partial charge in [0.25, 0.3) is 11.8 Å². The fraction of sp³-hybridized carbons (Fsp3) is 0.492. The zero-order chi connectivity index (χ0) is 68.8. The molecule has 7 heterocycles. The fourth-order valence-corrected chi connectivity index (χ4v) is 9.71. The number of hydrogen-bond acceptors (Lipinski definition) is 26. The van der Waals surface area contributed by atoms with E-state index in [4.69, 9.17) is 51.8 Å². The van der Waals surface area contributed by atoms with Crippen molar-refractivity contribution in [3.05, 3.63) is 85.0 Å². The molecule has 2 aromatic carbocycles. The predicted octanol–water partition coefficient (Wildman–Crippen LogP) is 1.62. The average molecular weight is 1320 g/mol. The summed E-state index contributed by atoms with van der Waals surface area (Å²) < 4.78 is 36.0. The number of nitrogens with two attached hydrogens (primary N) is 1. The number of amides is 5. The first-order chi connectivity index (χ1) is 44.5. The summed E-state index contributed by atoms with van der Waals surface area (Å²) in [6.07, 6.45) is 9.05. The van der Waals surface area contributed by atoms with E-state index in [2.05, 4.69) is 57.7 Å². The SMILES string of the molecule is C.C#CCOc1ccc(C[C@H](NC(=O)OC(C)(C)C)C(=O)NC2[C@@H](CO)O[C@@H](n3cnc4c(N(C)C)ncnc43)[C@H]2O)cc1.C#CCOc1ccc(C[C@H](NC(=O)OC(C)(C)C)C(=O)ON2C(=O)CCC2=O)cc1.CN(C)c1ncnc2c1ncn2[C@@H]1O[C@H](CO)C(N)[C@@H]1O. The third-order valence-electron chi connectivity index (χ3n) is 14.1. The van der Waals surface area contributed by atoms with Crippen LogP contribution in [0.3, 0.4) is 0 Å². The largest absolute Gasteiger partial charge is 0.481 e. The van der Waals surface area contributed by atoms with Gasteiger partial charge in [-0.3, -0.25) is 23.5 Å². The van der Waals surface area contributed by atoms with E-state index in [-0.39, 0.29) is 52.9 Å². The van der Waals surface area contributed by atoms with Gasteiger partial charge in [-0.1, -0.05) is 43.5 Å². The topological polar surface area (TPSA) is 407 Å². The Morgan fingerprint density at radius 3 is 1.49 bits per heavy atom. The maximum Gasteiger partial charge on any atom is 0.408 e. The number of benzene rings is 2. The van der Waals surface area contributed by atoms with Crippen LogP contribution in [0.2, 0.25) is 0 Å². The van der Waals surface area contributed by atoms with E-state index < -0.39 is 115 Å². The van der Waals surface area contributed by atoms with E-state index in [9.17, 15) is 49.2 Å². The van der Waals surface area contributed by atoms with Crippen molar-refractivity contribution < 1.29 is 82.5 Å². The first kappa shape index (κ1) is 74.2. The number of alkyl carbamates (subject to hydrolysis) is 2. The van der Waals surface area contributed by atoms with E-state index in [1.807, 2.05) is 33.1 Å². The highest BCUT2D eigenvalue weighted by molar-refractivity contribution is 6.02. The molecule has 0 spiro atoms. The lowest BCUT2D eigenvalue weighted by atomic mass is 10.0. The highest BCUT2D eigenvalue weighted by atomic mass is 16.7. The van der Waals surface area contributed by atoms with Gasteiger partial charge < -0.3 is 85.2 Å². The first-order valence-electron chi connectivity index (χ1n) is 29.6. The lowest BCUT2D eigenvalue weighted by molar-refractivity contribution is -0.198. The molecule has 0 aliphatic carbocycles. The molecule has 95 heavy (non-hydrogen) atoms. The standard InChI is InChI=1S/C29H37N7O7.C21H24N2O7.C12H18N6O3.CH4/c1-7-12-41-18-10-8-17(9-11-18)13-19(33-28(40)43-29(2,3)4)26(39)34-21-20(14-37)42-27(23(21)38)36-16-32-22-24(35(5)6)30-15-31-25(22)36;1-5-12-28-15-8-6-14(7-9-15)13-16(22-20(27)29-21(2,3)4)19(26)30-23-17(24)10-11-18(23)25;1-17(2)10-8-11(15-4-14-10)18(5-16-8)12-9(20)7(13)6(3-19)21-12;/h1,8-11,15-16,19-21,23,27,37-38H,12-14H2,2-6H3,(H,33,40)(H,34,39);1,6-9,16H,10-13H2,2-4H3,(H,22,27);4-7,9,12,19-20H,3,13H2,1-2H3;1H4/t19-,20+,21?,23-,27+;16-;6-,7?,9+,12-;/m001./s1. The average Bonchev–Trinajstić information content (AvgIpc) is 1.63. The summed E-state index contributed by atoms with van der Waals surface area (Å²) in [6, 6.07) is 9.63. The number of ether oxygens (including phenoxy) is 6. The van der Waals surface area contributed by atoms with Gasteiger partial charge in [-0.25, -0.2) is 44.3 Å². The molecule has 3 saturated heterocycles. The van der Waals surface area contributed by atoms with Gasteiger partial charge >= 0.3 is 18.2 Å². The Kier molecular flexibility index (Phi) is 25.7. The van der Waals surface area contributed by atoms with E-state index in [1.54, 1.807) is 99.5 Å². The van der Waals surface area contributed by atoms with Gasteiger partial charge in [-0.15, -0.1) is 17.9 Å². The van der Waals surface area contributed by atoms with Crippen LogP contribution in [0.4, 0.5) is 21.2 Å². The highest BCUT2D eigenvalue weighted by Crippen LogP contribution is 2.34. The number of rotatable bonds is 20. The van der Waals surface area contributed by atoms with Crippen LogP contribution < -0.4 is 41.0 Å². The lowest BCUT2D eigenvalue weighted by Crippen LogP contribution is -2.56. The van der Waals surface area contributed by atoms with Crippen molar-refractivity contribution in [2.24, 2.45) is 5.73 Å². The molecule has 512 valence electrons. The molecule has 6 aromatic rings. The van der Waals surface area contributed by atoms with Gasteiger partial charge in [0, 0.05) is 53.9 Å². The molecule has 0 saturated carbocycles. The number of nitrogens with one attached hydrogen (secondary N) is 3. The third kappa shape index (κ3) is 19.4. The monoisotopic (exact) mass is 1320 g/mol. The molecule has 9 rings (SSSR count). The van der Waals surface area contributed by atoms with E-state index in [1.165, 1.54) is 29.9 Å². The van der Waals surface area contributed by atoms with E-state index in [0.717, 1.165) is 0 Å². The Balaban J connectivity index is 0.000000239. The Morgan fingerprint density at radius 2 is 1.08 bits per heavy atom. The molecule has 4 aromatic heterocycles. The molecule has 32 nitrogen and oxygen atoms in total. The van der Waals surface area contributed by atoms with Crippen LogP contribution in [0, 0.1) is 24.7 Å². The molecular formula is C63H83N15O17. The van der Waals surface area contributed by atoms with Crippen molar-refractivity contribution in [2.75, 3.05) is 64.4 Å².